The zero-order valence-corrected chi connectivity index (χ0v) is 18.0. The van der Waals surface area contributed by atoms with Crippen LogP contribution in [0, 0.1) is 0 Å². The van der Waals surface area contributed by atoms with E-state index in [4.69, 9.17) is 4.74 Å². The van der Waals surface area contributed by atoms with E-state index in [1.54, 1.807) is 48.5 Å². The lowest BCUT2D eigenvalue weighted by Crippen LogP contribution is -2.29. The number of amides is 3. The van der Waals surface area contributed by atoms with Crippen LogP contribution < -0.4 is 10.2 Å². The number of carbonyl (C=O) groups is 4. The van der Waals surface area contributed by atoms with E-state index in [0.29, 0.717) is 32.9 Å². The normalized spacial score (nSPS) is 14.3. The summed E-state index contributed by atoms with van der Waals surface area (Å²) in [7, 11) is 1.32. The van der Waals surface area contributed by atoms with Crippen LogP contribution >= 0.6 is 11.3 Å². The molecule has 7 nitrogen and oxygen atoms in total. The molecule has 3 aromatic rings. The average molecular weight is 446 g/mol. The van der Waals surface area contributed by atoms with Crippen molar-refractivity contribution < 1.29 is 23.9 Å². The van der Waals surface area contributed by atoms with E-state index in [1.807, 2.05) is 0 Å². The third-order valence-electron chi connectivity index (χ3n) is 5.72. The van der Waals surface area contributed by atoms with Gasteiger partial charge in [-0.2, -0.15) is 0 Å². The molecule has 0 saturated heterocycles. The van der Waals surface area contributed by atoms with Crippen LogP contribution in [0.25, 0.3) is 0 Å². The molecule has 1 aliphatic carbocycles. The van der Waals surface area contributed by atoms with Gasteiger partial charge in [0, 0.05) is 10.4 Å². The fourth-order valence-corrected chi connectivity index (χ4v) is 5.44. The largest absolute Gasteiger partial charge is 0.465 e. The summed E-state index contributed by atoms with van der Waals surface area (Å²) in [5.74, 6) is -1.62. The number of methoxy groups -OCH3 is 1. The first-order valence-electron chi connectivity index (χ1n) is 10.1. The van der Waals surface area contributed by atoms with Gasteiger partial charge in [-0.15, -0.1) is 11.3 Å². The Morgan fingerprint density at radius 1 is 0.969 bits per heavy atom. The van der Waals surface area contributed by atoms with Crippen LogP contribution in [-0.4, -0.2) is 30.8 Å². The summed E-state index contributed by atoms with van der Waals surface area (Å²) in [5, 5.41) is 3.31. The number of fused-ring (bicyclic) bond motifs is 2. The van der Waals surface area contributed by atoms with E-state index < -0.39 is 17.8 Å². The quantitative estimate of drug-likeness (QED) is 0.482. The molecular weight excluding hydrogens is 428 g/mol. The number of nitrogens with one attached hydrogen (secondary N) is 1. The van der Waals surface area contributed by atoms with E-state index in [9.17, 15) is 19.2 Å². The summed E-state index contributed by atoms with van der Waals surface area (Å²) >= 11 is 1.40. The summed E-state index contributed by atoms with van der Waals surface area (Å²) in [6, 6.07) is 12.9. The molecule has 0 unspecified atom stereocenters. The fraction of sp³-hybridized carbons (Fsp3) is 0.167. The zero-order chi connectivity index (χ0) is 22.4. The summed E-state index contributed by atoms with van der Waals surface area (Å²) in [6.45, 7) is 0. The zero-order valence-electron chi connectivity index (χ0n) is 17.1. The number of anilines is 2. The number of rotatable bonds is 4. The van der Waals surface area contributed by atoms with Gasteiger partial charge in [-0.3, -0.25) is 14.4 Å². The van der Waals surface area contributed by atoms with Gasteiger partial charge >= 0.3 is 5.97 Å². The van der Waals surface area contributed by atoms with Gasteiger partial charge in [-0.25, -0.2) is 9.69 Å². The Kier molecular flexibility index (Phi) is 4.86. The molecule has 160 valence electrons. The van der Waals surface area contributed by atoms with Crippen LogP contribution in [0.3, 0.4) is 0 Å². The standard InChI is InChI=1S/C24H18N2O5S/c1-31-24(30)19-17-7-4-8-18(17)32-21(19)25-20(27)13-9-11-14(12-10-13)26-22(28)15-5-2-3-6-16(15)23(26)29/h2-3,5-6,9-12H,4,7-8H2,1H3,(H,25,27). The molecule has 8 heteroatoms. The highest BCUT2D eigenvalue weighted by molar-refractivity contribution is 7.17. The minimum Gasteiger partial charge on any atom is -0.465 e. The minimum absolute atomic E-state index is 0.342. The molecule has 0 spiro atoms. The molecule has 3 amide bonds. The monoisotopic (exact) mass is 446 g/mol. The van der Waals surface area contributed by atoms with Crippen molar-refractivity contribution in [3.05, 3.63) is 81.2 Å². The first-order chi connectivity index (χ1) is 15.5. The number of hydrogen-bond donors (Lipinski definition) is 1. The Morgan fingerprint density at radius 3 is 2.25 bits per heavy atom. The van der Waals surface area contributed by atoms with Crippen molar-refractivity contribution in [2.75, 3.05) is 17.3 Å². The Bertz CT molecular complexity index is 1260. The number of imide groups is 1. The second-order valence-electron chi connectivity index (χ2n) is 7.55. The van der Waals surface area contributed by atoms with E-state index >= 15 is 0 Å². The van der Waals surface area contributed by atoms with Crippen LogP contribution in [-0.2, 0) is 17.6 Å². The van der Waals surface area contributed by atoms with Crippen molar-refractivity contribution in [3.8, 4) is 0 Å². The minimum atomic E-state index is -0.458. The van der Waals surface area contributed by atoms with Crippen molar-refractivity contribution in [1.82, 2.24) is 0 Å². The third-order valence-corrected chi connectivity index (χ3v) is 6.93. The van der Waals surface area contributed by atoms with Gasteiger partial charge in [0.05, 0.1) is 29.5 Å². The van der Waals surface area contributed by atoms with Crippen molar-refractivity contribution in [1.29, 1.82) is 0 Å². The highest BCUT2D eigenvalue weighted by Gasteiger charge is 2.36. The van der Waals surface area contributed by atoms with Gasteiger partial charge in [0.15, 0.2) is 0 Å². The molecule has 2 heterocycles. The molecule has 1 aromatic heterocycles. The highest BCUT2D eigenvalue weighted by atomic mass is 32.1. The Balaban J connectivity index is 1.38. The number of nitrogens with zero attached hydrogens (tertiary/aromatic N) is 1. The number of hydrogen-bond acceptors (Lipinski definition) is 6. The van der Waals surface area contributed by atoms with E-state index in [0.717, 1.165) is 34.6 Å². The molecule has 32 heavy (non-hydrogen) atoms. The maximum Gasteiger partial charge on any atom is 0.341 e. The molecule has 1 N–H and O–H groups in total. The summed E-state index contributed by atoms with van der Waals surface area (Å²) in [4.78, 5) is 52.6. The van der Waals surface area contributed by atoms with Gasteiger partial charge in [0.25, 0.3) is 17.7 Å². The van der Waals surface area contributed by atoms with Gasteiger partial charge < -0.3 is 10.1 Å². The Morgan fingerprint density at radius 2 is 1.62 bits per heavy atom. The maximum absolute atomic E-state index is 12.8. The molecule has 0 fully saturated rings. The molecule has 0 saturated carbocycles. The third kappa shape index (κ3) is 3.11. The van der Waals surface area contributed by atoms with Gasteiger partial charge in [-0.05, 0) is 61.2 Å². The van der Waals surface area contributed by atoms with Crippen LogP contribution in [0.15, 0.2) is 48.5 Å². The lowest BCUT2D eigenvalue weighted by atomic mass is 10.1. The number of aryl methyl sites for hydroxylation is 1. The van der Waals surface area contributed by atoms with Crippen molar-refractivity contribution in [2.24, 2.45) is 0 Å². The van der Waals surface area contributed by atoms with E-state index in [-0.39, 0.29) is 5.91 Å². The molecule has 0 atom stereocenters. The fourth-order valence-electron chi connectivity index (χ4n) is 4.17. The first kappa shape index (κ1) is 20.1. The smallest absolute Gasteiger partial charge is 0.341 e. The maximum atomic E-state index is 12.8. The molecule has 5 rings (SSSR count). The lowest BCUT2D eigenvalue weighted by Gasteiger charge is -2.14. The van der Waals surface area contributed by atoms with Crippen LogP contribution in [0.1, 0.15) is 58.3 Å². The van der Waals surface area contributed by atoms with Crippen molar-refractivity contribution in [3.63, 3.8) is 0 Å². The van der Waals surface area contributed by atoms with E-state index in [2.05, 4.69) is 5.32 Å². The second kappa shape index (κ2) is 7.72. The van der Waals surface area contributed by atoms with Crippen molar-refractivity contribution in [2.45, 2.75) is 19.3 Å². The van der Waals surface area contributed by atoms with Gasteiger partial charge in [-0.1, -0.05) is 12.1 Å². The number of carbonyl (C=O) groups excluding carboxylic acids is 4. The topological polar surface area (TPSA) is 92.8 Å². The lowest BCUT2D eigenvalue weighted by molar-refractivity contribution is 0.0601. The molecular formula is C24H18N2O5S. The Hall–Kier alpha value is -3.78. The number of thiophene rings is 1. The van der Waals surface area contributed by atoms with Crippen molar-refractivity contribution >= 4 is 45.7 Å². The molecule has 2 aromatic carbocycles. The molecule has 2 aliphatic rings. The summed E-state index contributed by atoms with van der Waals surface area (Å²) in [5.41, 5.74) is 2.84. The Labute approximate surface area is 187 Å². The van der Waals surface area contributed by atoms with Crippen LogP contribution in [0.4, 0.5) is 10.7 Å². The molecule has 0 bridgehead atoms. The predicted molar refractivity (Wildman–Crippen MR) is 120 cm³/mol. The van der Waals surface area contributed by atoms with Gasteiger partial charge in [0.2, 0.25) is 0 Å². The van der Waals surface area contributed by atoms with Crippen LogP contribution in [0.5, 0.6) is 0 Å². The van der Waals surface area contributed by atoms with Crippen LogP contribution in [0.2, 0.25) is 0 Å². The average Bonchev–Trinajstić information content (AvgIpc) is 3.46. The first-order valence-corrected chi connectivity index (χ1v) is 10.9. The molecule has 0 radical (unpaired) electrons. The number of benzene rings is 2. The SMILES string of the molecule is COC(=O)c1c(NC(=O)c2ccc(N3C(=O)c4ccccc4C3=O)cc2)sc2c1CCC2. The summed E-state index contributed by atoms with van der Waals surface area (Å²) in [6.07, 6.45) is 2.66. The highest BCUT2D eigenvalue weighted by Crippen LogP contribution is 2.39. The predicted octanol–water partition coefficient (Wildman–Crippen LogP) is 4.08. The summed E-state index contributed by atoms with van der Waals surface area (Å²) < 4.78 is 4.91. The second-order valence-corrected chi connectivity index (χ2v) is 8.65. The molecule has 1 aliphatic heterocycles. The van der Waals surface area contributed by atoms with E-state index in [1.165, 1.54) is 18.4 Å². The number of esters is 1. The number of ether oxygens (including phenoxy) is 1. The van der Waals surface area contributed by atoms with Gasteiger partial charge in [0.1, 0.15) is 5.00 Å².